The van der Waals surface area contributed by atoms with Crippen molar-refractivity contribution in [3.63, 3.8) is 0 Å². The van der Waals surface area contributed by atoms with Crippen LogP contribution in [0.15, 0.2) is 26.9 Å². The van der Waals surface area contributed by atoms with Crippen molar-refractivity contribution in [2.24, 2.45) is 10.1 Å². The van der Waals surface area contributed by atoms with Crippen molar-refractivity contribution in [2.45, 2.75) is 9.79 Å². The van der Waals surface area contributed by atoms with Gasteiger partial charge in [0.15, 0.2) is 0 Å². The van der Waals surface area contributed by atoms with Crippen LogP contribution in [0.5, 0.6) is 0 Å². The van der Waals surface area contributed by atoms with Crippen LogP contribution in [0.4, 0.5) is 5.69 Å². The highest BCUT2D eigenvalue weighted by molar-refractivity contribution is 7.95. The lowest BCUT2D eigenvalue weighted by Gasteiger charge is -2.20. The zero-order valence-corrected chi connectivity index (χ0v) is 10.4. The number of aliphatic imine (C=N–C) groups is 1. The van der Waals surface area contributed by atoms with Crippen LogP contribution in [0, 0.1) is 0 Å². The van der Waals surface area contributed by atoms with E-state index in [0.717, 1.165) is 18.5 Å². The van der Waals surface area contributed by atoms with Crippen LogP contribution in [-0.2, 0) is 20.0 Å². The van der Waals surface area contributed by atoms with Gasteiger partial charge in [-0.1, -0.05) is 17.9 Å². The largest absolute Gasteiger partial charge is 0.441 e. The van der Waals surface area contributed by atoms with Crippen LogP contribution in [0.3, 0.4) is 0 Å². The minimum Gasteiger partial charge on any atom is -0.441 e. The lowest BCUT2D eigenvalue weighted by Crippen LogP contribution is -2.14. The molecule has 92 valence electrons. The molecule has 1 aliphatic rings. The zero-order valence-electron chi connectivity index (χ0n) is 8.03. The minimum absolute atomic E-state index is 0.0254. The van der Waals surface area contributed by atoms with Gasteiger partial charge in [0, 0.05) is 0 Å². The topological polar surface area (TPSA) is 121 Å². The number of hydrogen-bond acceptors (Lipinski definition) is 5. The summed E-state index contributed by atoms with van der Waals surface area (Å²) < 4.78 is 48.6. The third-order valence-electron chi connectivity index (χ3n) is 1.98. The zero-order chi connectivity index (χ0) is 12.8. The number of primary sulfonamides is 1. The Bertz CT molecular complexity index is 724. The van der Waals surface area contributed by atoms with Crippen LogP contribution >= 0.6 is 11.6 Å². The van der Waals surface area contributed by atoms with Crippen LogP contribution in [0.2, 0.25) is 5.02 Å². The van der Waals surface area contributed by atoms with E-state index in [4.69, 9.17) is 16.7 Å². The first-order valence-corrected chi connectivity index (χ1v) is 7.44. The third-order valence-corrected chi connectivity index (χ3v) is 4.61. The van der Waals surface area contributed by atoms with E-state index >= 15 is 0 Å². The monoisotopic (exact) mass is 294 g/mol. The average molecular weight is 295 g/mol. The molecular formula is C7H5ClN3O4S2-. The van der Waals surface area contributed by atoms with Crippen molar-refractivity contribution in [1.29, 1.82) is 0 Å². The molecule has 1 aliphatic heterocycles. The first-order valence-electron chi connectivity index (χ1n) is 4.08. The Kier molecular flexibility index (Phi) is 2.65. The molecule has 1 aromatic carbocycles. The smallest absolute Gasteiger partial charge is 0.239 e. The lowest BCUT2D eigenvalue weighted by atomic mass is 10.3. The molecule has 0 amide bonds. The number of benzene rings is 1. The maximum atomic E-state index is 11.5. The Hall–Kier alpha value is -1.16. The molecule has 2 rings (SSSR count). The van der Waals surface area contributed by atoms with E-state index < -0.39 is 24.9 Å². The summed E-state index contributed by atoms with van der Waals surface area (Å²) in [6.45, 7) is 0. The molecule has 0 aromatic heterocycles. The molecule has 0 radical (unpaired) electrons. The van der Waals surface area contributed by atoms with Gasteiger partial charge in [-0.05, 0) is 17.8 Å². The van der Waals surface area contributed by atoms with Crippen molar-refractivity contribution in [2.75, 3.05) is 0 Å². The van der Waals surface area contributed by atoms with Crippen LogP contribution in [0.1, 0.15) is 0 Å². The van der Waals surface area contributed by atoms with Gasteiger partial charge in [0.2, 0.25) is 20.0 Å². The van der Waals surface area contributed by atoms with Gasteiger partial charge in [-0.2, -0.15) is 0 Å². The summed E-state index contributed by atoms with van der Waals surface area (Å²) in [4.78, 5) is 2.86. The fourth-order valence-electron chi connectivity index (χ4n) is 1.25. The van der Waals surface area contributed by atoms with Gasteiger partial charge < -0.3 is 9.71 Å². The molecule has 10 heteroatoms. The Morgan fingerprint density at radius 2 is 2.00 bits per heavy atom. The molecule has 0 saturated carbocycles. The highest BCUT2D eigenvalue weighted by atomic mass is 35.5. The Balaban J connectivity index is 2.85. The van der Waals surface area contributed by atoms with E-state index in [1.165, 1.54) is 0 Å². The fourth-order valence-corrected chi connectivity index (χ4v) is 3.35. The number of sulfonamides is 2. The molecule has 0 fully saturated rings. The van der Waals surface area contributed by atoms with Crippen molar-refractivity contribution >= 4 is 43.7 Å². The van der Waals surface area contributed by atoms with Gasteiger partial charge >= 0.3 is 0 Å². The summed E-state index contributed by atoms with van der Waals surface area (Å²) in [5.74, 6) is 0. The third kappa shape index (κ3) is 2.14. The summed E-state index contributed by atoms with van der Waals surface area (Å²) in [6.07, 6.45) is 0.852. The van der Waals surface area contributed by atoms with Gasteiger partial charge in [0.25, 0.3) is 0 Å². The second kappa shape index (κ2) is 3.67. The molecule has 2 N–H and O–H groups in total. The van der Waals surface area contributed by atoms with Gasteiger partial charge in [0.1, 0.15) is 4.90 Å². The second-order valence-electron chi connectivity index (χ2n) is 3.12. The van der Waals surface area contributed by atoms with Gasteiger partial charge in [0.05, 0.1) is 9.92 Å². The SMILES string of the molecule is NS(=O)(=O)c1cc2c(cc1Cl)N=C[N-]S2(=O)=O. The molecule has 17 heavy (non-hydrogen) atoms. The molecule has 1 heterocycles. The summed E-state index contributed by atoms with van der Waals surface area (Å²) in [6, 6.07) is 1.96. The van der Waals surface area contributed by atoms with E-state index in [0.29, 0.717) is 0 Å². The van der Waals surface area contributed by atoms with Gasteiger partial charge in [-0.15, -0.1) is 0 Å². The Labute approximate surface area is 102 Å². The maximum absolute atomic E-state index is 11.5. The average Bonchev–Trinajstić information content (AvgIpc) is 2.13. The summed E-state index contributed by atoms with van der Waals surface area (Å²) in [7, 11) is -8.05. The van der Waals surface area contributed by atoms with Gasteiger partial charge in [-0.3, -0.25) is 0 Å². The van der Waals surface area contributed by atoms with Crippen LogP contribution < -0.4 is 5.14 Å². The van der Waals surface area contributed by atoms with E-state index in [-0.39, 0.29) is 15.6 Å². The summed E-state index contributed by atoms with van der Waals surface area (Å²) >= 11 is 5.68. The molecule has 7 nitrogen and oxygen atoms in total. The van der Waals surface area contributed by atoms with Crippen LogP contribution in [-0.4, -0.2) is 23.2 Å². The Morgan fingerprint density at radius 3 is 2.59 bits per heavy atom. The first kappa shape index (κ1) is 12.3. The molecule has 1 aromatic rings. The van der Waals surface area contributed by atoms with Crippen molar-refractivity contribution < 1.29 is 16.8 Å². The van der Waals surface area contributed by atoms with Crippen molar-refractivity contribution in [3.05, 3.63) is 21.9 Å². The standard InChI is InChI=1S/C7H5ClN3O4S2/c8-4-1-5-7(2-6(4)16(9,12)13)17(14,15)11-3-10-5/h1-3H,(H2-,9,10,11,12,13)/q-1. The molecule has 0 aliphatic carbocycles. The number of hydrogen-bond donors (Lipinski definition) is 1. The number of nitrogens with zero attached hydrogens (tertiary/aromatic N) is 2. The van der Waals surface area contributed by atoms with Crippen LogP contribution in [0.25, 0.3) is 4.72 Å². The number of rotatable bonds is 1. The first-order chi connectivity index (χ1) is 7.72. The number of halogens is 1. The number of fused-ring (bicyclic) bond motifs is 1. The normalized spacial score (nSPS) is 17.3. The molecule has 0 saturated heterocycles. The maximum Gasteiger partial charge on any atom is 0.239 e. The molecule has 0 atom stereocenters. The van der Waals surface area contributed by atoms with Crippen molar-refractivity contribution in [1.82, 2.24) is 0 Å². The van der Waals surface area contributed by atoms with E-state index in [2.05, 4.69) is 9.71 Å². The molecule has 0 spiro atoms. The van der Waals surface area contributed by atoms with E-state index in [9.17, 15) is 16.8 Å². The predicted molar refractivity (Wildman–Crippen MR) is 61.5 cm³/mol. The predicted octanol–water partition coefficient (Wildman–Crippen LogP) is 0.723. The summed E-state index contributed by atoms with van der Waals surface area (Å²) in [5.41, 5.74) is 0.0254. The van der Waals surface area contributed by atoms with Crippen molar-refractivity contribution in [3.8, 4) is 0 Å². The van der Waals surface area contributed by atoms with E-state index in [1.807, 2.05) is 0 Å². The summed E-state index contributed by atoms with van der Waals surface area (Å²) in [5, 5.41) is 4.71. The quantitative estimate of drug-likeness (QED) is 0.820. The molecule has 0 bridgehead atoms. The highest BCUT2D eigenvalue weighted by Crippen LogP contribution is 2.36. The fraction of sp³-hybridized carbons (Fsp3) is 0. The van der Waals surface area contributed by atoms with Gasteiger partial charge in [-0.25, -0.2) is 22.0 Å². The second-order valence-corrected chi connectivity index (χ2v) is 6.66. The number of nitrogens with two attached hydrogens (primary N) is 1. The Morgan fingerprint density at radius 1 is 1.35 bits per heavy atom. The van der Waals surface area contributed by atoms with E-state index in [1.54, 1.807) is 0 Å². The minimum atomic E-state index is -4.11. The highest BCUT2D eigenvalue weighted by Gasteiger charge is 2.21. The molecular weight excluding hydrogens is 290 g/mol. The lowest BCUT2D eigenvalue weighted by molar-refractivity contribution is 0.597. The molecule has 0 unspecified atom stereocenters.